The first-order chi connectivity index (χ1) is 59.2. The van der Waals surface area contributed by atoms with Crippen molar-refractivity contribution in [2.24, 2.45) is 0 Å². The Kier molecular flexibility index (Phi) is 27.5. The zero-order chi connectivity index (χ0) is 85.7. The van der Waals surface area contributed by atoms with Crippen molar-refractivity contribution in [1.29, 1.82) is 0 Å². The molecule has 0 saturated carbocycles. The first kappa shape index (κ1) is 87.1. The minimum atomic E-state index is -1.12. The van der Waals surface area contributed by atoms with Gasteiger partial charge in [-0.25, -0.2) is 73.2 Å². The molecule has 5 aliphatic rings. The Hall–Kier alpha value is -9.77. The number of aromatic nitrogens is 20. The van der Waals surface area contributed by atoms with Gasteiger partial charge < -0.3 is 10.2 Å². The number of fused-ring (bicyclic) bond motifs is 5. The SMILES string of the molecule is CSc1nccc(-c2c(C(=O)c3ccccc3Cl)c(=O)n3n2CCC3)n1.CSc1nccc(-c2c(C(=O)c3ccccc3Cl)c(=O)n3n2CCC3)n1.CSc1nccc(-c2c(C(O)c3ccccc3Cl)c(=O)n3n2CCC3)n1.CSc1nccc(-c2c(C(O)c3ccccc3Cl)c(=O)n3n2CCC3)n1.CSc1nccc(-c2c(I)c(=O)n3n2CCC3)n1. The monoisotopic (exact) mass is 1920 g/mol. The largest absolute Gasteiger partial charge is 0.383 e. The lowest BCUT2D eigenvalue weighted by Crippen LogP contribution is -2.21. The van der Waals surface area contributed by atoms with Crippen LogP contribution < -0.4 is 27.8 Å². The topological polar surface area (TPSA) is 338 Å². The fraction of sp³-hybridized carbons (Fsp3) is 0.265. The summed E-state index contributed by atoms with van der Waals surface area (Å²) in [4.78, 5) is 134. The van der Waals surface area contributed by atoms with Crippen molar-refractivity contribution >= 4 is 139 Å². The summed E-state index contributed by atoms with van der Waals surface area (Å²) < 4.78 is 18.7. The van der Waals surface area contributed by atoms with E-state index in [9.17, 15) is 43.8 Å². The Morgan fingerprint density at radius 2 is 0.574 bits per heavy atom. The third-order valence-electron chi connectivity index (χ3n) is 20.8. The van der Waals surface area contributed by atoms with Crippen molar-refractivity contribution < 1.29 is 19.8 Å². The van der Waals surface area contributed by atoms with Gasteiger partial charge in [0.1, 0.15) is 44.0 Å². The Morgan fingerprint density at radius 3 is 0.877 bits per heavy atom. The molecule has 0 aliphatic carbocycles. The van der Waals surface area contributed by atoms with Crippen molar-refractivity contribution in [3.63, 3.8) is 0 Å². The van der Waals surface area contributed by atoms with Crippen molar-refractivity contribution in [3.8, 4) is 56.9 Å². The van der Waals surface area contributed by atoms with Crippen LogP contribution in [0.2, 0.25) is 20.1 Å². The number of carbonyl (C=O) groups is 2. The predicted molar refractivity (Wildman–Crippen MR) is 484 cm³/mol. The Labute approximate surface area is 751 Å². The molecular formula is C83H75Cl4IN20O9S5. The summed E-state index contributed by atoms with van der Waals surface area (Å²) in [6, 6.07) is 36.4. The van der Waals surface area contributed by atoms with Crippen LogP contribution in [0, 0.1) is 3.57 Å². The van der Waals surface area contributed by atoms with Crippen LogP contribution in [-0.4, -0.2) is 150 Å². The van der Waals surface area contributed by atoms with E-state index in [2.05, 4.69) is 72.4 Å². The number of aliphatic hydroxyl groups is 2. The maximum atomic E-state index is 13.2. The fourth-order valence-corrected chi connectivity index (χ4v) is 18.9. The van der Waals surface area contributed by atoms with Crippen LogP contribution in [-0.2, 0) is 65.4 Å². The summed E-state index contributed by atoms with van der Waals surface area (Å²) in [7, 11) is 0. The average Bonchev–Trinajstić information content (AvgIpc) is 1.60. The molecule has 29 nitrogen and oxygen atoms in total. The number of hydrogen-bond acceptors (Lipinski definition) is 24. The summed E-state index contributed by atoms with van der Waals surface area (Å²) in [5.41, 5.74) is 8.09. The minimum Gasteiger partial charge on any atom is -0.383 e. The molecule has 0 amide bonds. The Balaban J connectivity index is 0.000000119. The third-order valence-corrected chi connectivity index (χ3v) is 25.9. The van der Waals surface area contributed by atoms with Gasteiger partial charge in [0.25, 0.3) is 27.8 Å². The molecule has 4 aromatic carbocycles. The first-order valence-electron chi connectivity index (χ1n) is 38.3. The van der Waals surface area contributed by atoms with Crippen LogP contribution in [0.5, 0.6) is 0 Å². The summed E-state index contributed by atoms with van der Waals surface area (Å²) in [5, 5.41) is 26.7. The minimum absolute atomic E-state index is 0.0902. The molecule has 5 aliphatic heterocycles. The van der Waals surface area contributed by atoms with E-state index in [0.29, 0.717) is 172 Å². The maximum absolute atomic E-state index is 13.2. The smallest absolute Gasteiger partial charge is 0.280 e. The van der Waals surface area contributed by atoms with Crippen molar-refractivity contribution in [1.82, 2.24) is 96.7 Å². The summed E-state index contributed by atoms with van der Waals surface area (Å²) in [6.07, 6.45) is 20.1. The van der Waals surface area contributed by atoms with E-state index >= 15 is 0 Å². The Morgan fingerprint density at radius 1 is 0.328 bits per heavy atom. The molecule has 0 saturated heterocycles. The van der Waals surface area contributed by atoms with Gasteiger partial charge in [-0.05, 0) is 153 Å². The molecule has 10 aromatic heterocycles. The molecule has 0 bridgehead atoms. The van der Waals surface area contributed by atoms with Crippen molar-refractivity contribution in [2.75, 3.05) is 31.3 Å². The molecule has 2 N–H and O–H groups in total. The van der Waals surface area contributed by atoms with Gasteiger partial charge >= 0.3 is 0 Å². The molecule has 14 aromatic rings. The number of thioether (sulfide) groups is 5. The molecule has 19 rings (SSSR count). The summed E-state index contributed by atoms with van der Waals surface area (Å²) >= 11 is 34.2. The second-order valence-corrected chi connectivity index (χ2v) is 34.3. The molecule has 15 heterocycles. The van der Waals surface area contributed by atoms with Gasteiger partial charge in [-0.3, -0.25) is 57.0 Å². The zero-order valence-electron chi connectivity index (χ0n) is 65.9. The van der Waals surface area contributed by atoms with Crippen LogP contribution in [0.4, 0.5) is 0 Å². The van der Waals surface area contributed by atoms with Crippen LogP contribution in [0.15, 0.2) is 208 Å². The van der Waals surface area contributed by atoms with Gasteiger partial charge in [-0.1, -0.05) is 166 Å². The first-order valence-corrected chi connectivity index (χ1v) is 47.0. The lowest BCUT2D eigenvalue weighted by Gasteiger charge is -2.14. The quantitative estimate of drug-likeness (QED) is 0.0349. The molecule has 0 radical (unpaired) electrons. The highest BCUT2D eigenvalue weighted by molar-refractivity contribution is 14.1. The molecular weight excluding hydrogens is 1850 g/mol. The molecule has 0 fully saturated rings. The average molecular weight is 1930 g/mol. The zero-order valence-corrected chi connectivity index (χ0v) is 75.2. The van der Waals surface area contributed by atoms with E-state index in [4.69, 9.17) is 46.4 Å². The number of hydrogen-bond donors (Lipinski definition) is 2. The van der Waals surface area contributed by atoms with Crippen LogP contribution in [0.3, 0.4) is 0 Å². The van der Waals surface area contributed by atoms with Crippen molar-refractivity contribution in [3.05, 3.63) is 278 Å². The second-order valence-electron chi connectivity index (χ2n) is 27.8. The lowest BCUT2D eigenvalue weighted by atomic mass is 10.00. The third kappa shape index (κ3) is 17.2. The van der Waals surface area contributed by atoms with E-state index in [1.807, 2.05) is 60.8 Å². The van der Waals surface area contributed by atoms with E-state index in [1.54, 1.807) is 176 Å². The number of aliphatic hydroxyl groups excluding tert-OH is 2. The van der Waals surface area contributed by atoms with E-state index in [0.717, 1.165) is 65.3 Å². The standard InChI is InChI=1S/2C18H17ClN4O2S.2C18H15ClN4O2S.C11H11IN4OS/c4*1-26-18-20-8-7-13(21-18)15-14(17(25)23-10-4-9-22(15)23)16(24)11-5-2-3-6-12(11)19;1-18-11-13-4-3-7(14-11)9-8(12)10(17)16-6-2-5-15(9)16/h2*2-3,5-8,16,24H,4,9-10H2,1H3;2*2-3,5-8H,4,9-10H2,1H3;3-4H,2,5-6H2,1H3. The number of nitrogens with zero attached hydrogens (tertiary/aromatic N) is 20. The van der Waals surface area contributed by atoms with Crippen LogP contribution in [0.25, 0.3) is 56.9 Å². The molecule has 122 heavy (non-hydrogen) atoms. The van der Waals surface area contributed by atoms with Gasteiger partial charge in [-0.15, -0.1) is 0 Å². The predicted octanol–water partition coefficient (Wildman–Crippen LogP) is 14.0. The number of ketones is 2. The normalized spacial score (nSPS) is 13.7. The number of benzene rings is 4. The van der Waals surface area contributed by atoms with E-state index < -0.39 is 12.2 Å². The highest BCUT2D eigenvalue weighted by atomic mass is 127. The van der Waals surface area contributed by atoms with Crippen LogP contribution in [0.1, 0.15) is 98.4 Å². The van der Waals surface area contributed by atoms with Gasteiger partial charge in [-0.2, -0.15) is 0 Å². The highest BCUT2D eigenvalue weighted by Gasteiger charge is 2.37. The van der Waals surface area contributed by atoms with Gasteiger partial charge in [0.2, 0.25) is 11.6 Å². The lowest BCUT2D eigenvalue weighted by molar-refractivity contribution is 0.103. The fourth-order valence-electron chi connectivity index (χ4n) is 15.4. The van der Waals surface area contributed by atoms with E-state index in [-0.39, 0.29) is 50.5 Å². The number of rotatable bonds is 18. The molecule has 39 heteroatoms. The van der Waals surface area contributed by atoms with Crippen molar-refractivity contribution in [2.45, 2.75) is 136 Å². The molecule has 626 valence electrons. The second kappa shape index (κ2) is 38.6. The number of halogens is 5. The maximum Gasteiger partial charge on any atom is 0.280 e. The van der Waals surface area contributed by atoms with Crippen LogP contribution >= 0.6 is 128 Å². The summed E-state index contributed by atoms with van der Waals surface area (Å²) in [5.74, 6) is -0.761. The van der Waals surface area contributed by atoms with Gasteiger partial charge in [0.05, 0.1) is 61.0 Å². The summed E-state index contributed by atoms with van der Waals surface area (Å²) in [6.45, 7) is 6.85. The number of carbonyl (C=O) groups excluding carboxylic acids is 2. The Bertz CT molecular complexity index is 6360. The molecule has 2 unspecified atom stereocenters. The van der Waals surface area contributed by atoms with Gasteiger partial charge in [0, 0.05) is 129 Å². The van der Waals surface area contributed by atoms with Gasteiger partial charge in [0.15, 0.2) is 25.8 Å². The highest BCUT2D eigenvalue weighted by Crippen LogP contribution is 2.39. The van der Waals surface area contributed by atoms with E-state index in [1.165, 1.54) is 58.8 Å². The molecule has 2 atom stereocenters. The molecule has 0 spiro atoms.